The van der Waals surface area contributed by atoms with Crippen molar-refractivity contribution in [3.05, 3.63) is 17.7 Å². The molecule has 7 nitrogen and oxygen atoms in total. The first-order valence-electron chi connectivity index (χ1n) is 5.66. The second-order valence-corrected chi connectivity index (χ2v) is 3.98. The van der Waals surface area contributed by atoms with Crippen LogP contribution < -0.4 is 19.5 Å². The van der Waals surface area contributed by atoms with Crippen molar-refractivity contribution in [3.8, 4) is 17.2 Å². The maximum atomic E-state index is 11.3. The molecule has 1 aliphatic rings. The minimum atomic E-state index is -0.624. The number of nitrogens with zero attached hydrogens (tertiary/aromatic N) is 1. The molecule has 0 aromatic heterocycles. The van der Waals surface area contributed by atoms with E-state index in [4.69, 9.17) is 14.2 Å². The van der Waals surface area contributed by atoms with E-state index in [9.17, 15) is 10.0 Å². The number of carbonyl (C=O) groups excluding carboxylic acids is 1. The molecular formula is C12H16N2O5. The molecule has 2 rings (SSSR count). The Morgan fingerprint density at radius 2 is 1.79 bits per heavy atom. The van der Waals surface area contributed by atoms with Crippen LogP contribution in [0.1, 0.15) is 11.7 Å². The van der Waals surface area contributed by atoms with E-state index in [0.717, 1.165) is 0 Å². The van der Waals surface area contributed by atoms with Gasteiger partial charge in [0.2, 0.25) is 5.75 Å². The van der Waals surface area contributed by atoms with Gasteiger partial charge in [-0.15, -0.1) is 0 Å². The van der Waals surface area contributed by atoms with Gasteiger partial charge in [-0.25, -0.2) is 5.06 Å². The number of ether oxygens (including phenoxy) is 3. The zero-order valence-corrected chi connectivity index (χ0v) is 11.0. The first kappa shape index (κ1) is 13.4. The normalized spacial score (nSPS) is 18.6. The summed E-state index contributed by atoms with van der Waals surface area (Å²) in [5, 5.41) is 13.2. The molecule has 1 aliphatic heterocycles. The smallest absolute Gasteiger partial charge is 0.261 e. The number of methoxy groups -OCH3 is 3. The Morgan fingerprint density at radius 1 is 1.21 bits per heavy atom. The molecule has 0 aliphatic carbocycles. The van der Waals surface area contributed by atoms with Gasteiger partial charge in [0.15, 0.2) is 11.5 Å². The van der Waals surface area contributed by atoms with E-state index < -0.39 is 12.1 Å². The molecule has 1 saturated heterocycles. The van der Waals surface area contributed by atoms with Crippen LogP contribution in [0.4, 0.5) is 0 Å². The van der Waals surface area contributed by atoms with Crippen molar-refractivity contribution in [1.82, 2.24) is 10.4 Å². The third kappa shape index (κ3) is 2.29. The van der Waals surface area contributed by atoms with Gasteiger partial charge in [0, 0.05) is 0 Å². The molecule has 1 heterocycles. The van der Waals surface area contributed by atoms with Gasteiger partial charge in [-0.2, -0.15) is 0 Å². The van der Waals surface area contributed by atoms with Crippen molar-refractivity contribution in [1.29, 1.82) is 0 Å². The number of nitrogens with one attached hydrogen (secondary N) is 1. The van der Waals surface area contributed by atoms with Crippen LogP contribution in [0, 0.1) is 0 Å². The van der Waals surface area contributed by atoms with Gasteiger partial charge in [-0.05, 0) is 17.7 Å². The van der Waals surface area contributed by atoms with E-state index in [2.05, 4.69) is 5.32 Å². The summed E-state index contributed by atoms with van der Waals surface area (Å²) in [6.07, 6.45) is -0.624. The maximum absolute atomic E-state index is 11.3. The minimum Gasteiger partial charge on any atom is -0.493 e. The lowest BCUT2D eigenvalue weighted by atomic mass is 10.1. The molecule has 19 heavy (non-hydrogen) atoms. The Hall–Kier alpha value is -1.99. The van der Waals surface area contributed by atoms with Crippen LogP contribution in [-0.2, 0) is 4.79 Å². The van der Waals surface area contributed by atoms with Gasteiger partial charge in [0.25, 0.3) is 5.91 Å². The Kier molecular flexibility index (Phi) is 3.77. The molecule has 1 fully saturated rings. The van der Waals surface area contributed by atoms with Gasteiger partial charge >= 0.3 is 0 Å². The predicted octanol–water partition coefficient (Wildman–Crippen LogP) is 0.532. The molecule has 1 atom stereocenters. The Morgan fingerprint density at radius 3 is 2.16 bits per heavy atom. The summed E-state index contributed by atoms with van der Waals surface area (Å²) in [7, 11) is 4.52. The van der Waals surface area contributed by atoms with E-state index in [1.54, 1.807) is 12.1 Å². The van der Waals surface area contributed by atoms with Gasteiger partial charge < -0.3 is 14.2 Å². The van der Waals surface area contributed by atoms with Crippen molar-refractivity contribution in [2.75, 3.05) is 27.9 Å². The Bertz CT molecular complexity index is 466. The minimum absolute atomic E-state index is 0.0812. The van der Waals surface area contributed by atoms with E-state index in [0.29, 0.717) is 27.9 Å². The molecular weight excluding hydrogens is 252 g/mol. The largest absolute Gasteiger partial charge is 0.493 e. The average Bonchev–Trinajstić information content (AvgIpc) is 2.77. The first-order chi connectivity index (χ1) is 9.12. The van der Waals surface area contributed by atoms with Gasteiger partial charge in [0.05, 0.1) is 27.9 Å². The van der Waals surface area contributed by atoms with Crippen molar-refractivity contribution in [2.24, 2.45) is 0 Å². The van der Waals surface area contributed by atoms with Gasteiger partial charge in [0.1, 0.15) is 6.17 Å². The molecule has 2 N–H and O–H groups in total. The zero-order valence-electron chi connectivity index (χ0n) is 11.0. The van der Waals surface area contributed by atoms with Crippen LogP contribution in [-0.4, -0.2) is 44.1 Å². The number of hydrogen-bond acceptors (Lipinski definition) is 6. The molecule has 1 amide bonds. The monoisotopic (exact) mass is 268 g/mol. The summed E-state index contributed by atoms with van der Waals surface area (Å²) in [6.45, 7) is 0.0812. The van der Waals surface area contributed by atoms with Crippen LogP contribution in [0.25, 0.3) is 0 Å². The lowest BCUT2D eigenvalue weighted by molar-refractivity contribution is -0.165. The zero-order chi connectivity index (χ0) is 14.0. The number of benzene rings is 1. The second-order valence-electron chi connectivity index (χ2n) is 3.98. The number of carbonyl (C=O) groups is 1. The quantitative estimate of drug-likeness (QED) is 0.775. The SMILES string of the molecule is COc1cc(C2NCC(=O)N2O)cc(OC)c1OC. The summed E-state index contributed by atoms with van der Waals surface area (Å²) in [5.74, 6) is 0.999. The van der Waals surface area contributed by atoms with E-state index in [1.165, 1.54) is 21.3 Å². The van der Waals surface area contributed by atoms with Crippen LogP contribution in [0.15, 0.2) is 12.1 Å². The molecule has 7 heteroatoms. The van der Waals surface area contributed by atoms with Crippen LogP contribution in [0.5, 0.6) is 17.2 Å². The van der Waals surface area contributed by atoms with Crippen molar-refractivity contribution < 1.29 is 24.2 Å². The summed E-state index contributed by atoms with van der Waals surface area (Å²) < 4.78 is 15.7. The van der Waals surface area contributed by atoms with E-state index in [-0.39, 0.29) is 6.54 Å². The molecule has 0 radical (unpaired) electrons. The van der Waals surface area contributed by atoms with Crippen molar-refractivity contribution >= 4 is 5.91 Å². The summed E-state index contributed by atoms with van der Waals surface area (Å²) in [5.41, 5.74) is 0.642. The van der Waals surface area contributed by atoms with Crippen LogP contribution >= 0.6 is 0 Å². The fourth-order valence-electron chi connectivity index (χ4n) is 2.01. The maximum Gasteiger partial charge on any atom is 0.261 e. The fraction of sp³-hybridized carbons (Fsp3) is 0.417. The highest BCUT2D eigenvalue weighted by Gasteiger charge is 2.32. The Balaban J connectivity index is 2.44. The molecule has 0 bridgehead atoms. The number of hydrogen-bond donors (Lipinski definition) is 2. The lowest BCUT2D eigenvalue weighted by Gasteiger charge is -2.20. The molecule has 104 valence electrons. The van der Waals surface area contributed by atoms with Gasteiger partial charge in [-0.3, -0.25) is 15.3 Å². The Labute approximate surface area is 110 Å². The summed E-state index contributed by atoms with van der Waals surface area (Å²) >= 11 is 0. The summed E-state index contributed by atoms with van der Waals surface area (Å²) in [6, 6.07) is 3.36. The van der Waals surface area contributed by atoms with Crippen molar-refractivity contribution in [3.63, 3.8) is 0 Å². The molecule has 1 aromatic rings. The molecule has 0 saturated carbocycles. The first-order valence-corrected chi connectivity index (χ1v) is 5.66. The second kappa shape index (κ2) is 5.33. The summed E-state index contributed by atoms with van der Waals surface area (Å²) in [4.78, 5) is 11.3. The standard InChI is InChI=1S/C12H16N2O5/c1-17-8-4-7(5-9(18-2)11(8)19-3)12-13-6-10(15)14(12)16/h4-5,12-13,16H,6H2,1-3H3. The topological polar surface area (TPSA) is 80.3 Å². The predicted molar refractivity (Wildman–Crippen MR) is 65.5 cm³/mol. The van der Waals surface area contributed by atoms with E-state index >= 15 is 0 Å². The fourth-order valence-corrected chi connectivity index (χ4v) is 2.01. The highest BCUT2D eigenvalue weighted by atomic mass is 16.5. The molecule has 0 spiro atoms. The number of hydroxylamine groups is 2. The molecule has 1 aromatic carbocycles. The average molecular weight is 268 g/mol. The van der Waals surface area contributed by atoms with Crippen molar-refractivity contribution in [2.45, 2.75) is 6.17 Å². The third-order valence-electron chi connectivity index (χ3n) is 2.95. The highest BCUT2D eigenvalue weighted by Crippen LogP contribution is 2.40. The number of amides is 1. The number of rotatable bonds is 4. The third-order valence-corrected chi connectivity index (χ3v) is 2.95. The lowest BCUT2D eigenvalue weighted by Crippen LogP contribution is -2.26. The molecule has 1 unspecified atom stereocenters. The van der Waals surface area contributed by atoms with Crippen LogP contribution in [0.2, 0.25) is 0 Å². The van der Waals surface area contributed by atoms with Crippen LogP contribution in [0.3, 0.4) is 0 Å². The van der Waals surface area contributed by atoms with E-state index in [1.807, 2.05) is 0 Å². The van der Waals surface area contributed by atoms with Gasteiger partial charge in [-0.1, -0.05) is 0 Å². The highest BCUT2D eigenvalue weighted by molar-refractivity contribution is 5.79.